The summed E-state index contributed by atoms with van der Waals surface area (Å²) in [6.07, 6.45) is 0. The molecular weight excluding hydrogens is 254 g/mol. The molecule has 1 aromatic rings. The summed E-state index contributed by atoms with van der Waals surface area (Å²) in [6.45, 7) is 12.2. The third kappa shape index (κ3) is 3.38. The number of nitrogens with zero attached hydrogens (tertiary/aromatic N) is 1. The van der Waals surface area contributed by atoms with Gasteiger partial charge in [0.2, 0.25) is 0 Å². The Balaban J connectivity index is 3.39. The van der Waals surface area contributed by atoms with Gasteiger partial charge >= 0.3 is 0 Å². The summed E-state index contributed by atoms with van der Waals surface area (Å²) < 4.78 is 5.47. The predicted molar refractivity (Wildman–Crippen MR) is 83.2 cm³/mol. The van der Waals surface area contributed by atoms with E-state index in [-0.39, 0.29) is 5.91 Å². The van der Waals surface area contributed by atoms with E-state index in [1.165, 1.54) is 0 Å². The number of hydrogen-bond acceptors (Lipinski definition) is 2. The van der Waals surface area contributed by atoms with Crippen LogP contribution >= 0.6 is 0 Å². The van der Waals surface area contributed by atoms with Gasteiger partial charge < -0.3 is 9.64 Å². The first-order valence-corrected chi connectivity index (χ1v) is 10.3. The van der Waals surface area contributed by atoms with Gasteiger partial charge in [0.15, 0.2) is 0 Å². The fourth-order valence-corrected chi connectivity index (χ4v) is 4.26. The Hall–Kier alpha value is -1.29. The Bertz CT molecular complexity index is 448. The van der Waals surface area contributed by atoms with Crippen LogP contribution in [-0.4, -0.2) is 39.1 Å². The van der Waals surface area contributed by atoms with Gasteiger partial charge in [0.1, 0.15) is 5.75 Å². The molecule has 0 aliphatic rings. The van der Waals surface area contributed by atoms with Crippen LogP contribution in [0.15, 0.2) is 18.2 Å². The van der Waals surface area contributed by atoms with Crippen molar-refractivity contribution in [1.29, 1.82) is 0 Å². The zero-order chi connectivity index (χ0) is 14.6. The minimum absolute atomic E-state index is 0.112. The molecule has 3 nitrogen and oxygen atoms in total. The van der Waals surface area contributed by atoms with Gasteiger partial charge in [-0.2, -0.15) is 0 Å². The number of hydrogen-bond donors (Lipinski definition) is 0. The van der Waals surface area contributed by atoms with Crippen LogP contribution in [0.3, 0.4) is 0 Å². The first-order chi connectivity index (χ1) is 8.86. The molecule has 0 aliphatic carbocycles. The van der Waals surface area contributed by atoms with Crippen molar-refractivity contribution in [2.24, 2.45) is 0 Å². The molecular formula is C15H25NO2Si. The quantitative estimate of drug-likeness (QED) is 0.776. The molecule has 0 aliphatic heterocycles. The summed E-state index contributed by atoms with van der Waals surface area (Å²) in [6, 6.07) is 5.78. The van der Waals surface area contributed by atoms with E-state index in [0.29, 0.717) is 0 Å². The number of carbonyl (C=O) groups excluding carboxylic acids is 1. The summed E-state index contributed by atoms with van der Waals surface area (Å²) in [5.74, 6) is 0.957. The number of ether oxygens (including phenoxy) is 1. The molecule has 19 heavy (non-hydrogen) atoms. The van der Waals surface area contributed by atoms with Crippen LogP contribution in [0.4, 0.5) is 0 Å². The van der Waals surface area contributed by atoms with Crippen LogP contribution in [0.5, 0.6) is 5.75 Å². The van der Waals surface area contributed by atoms with Gasteiger partial charge in [0.05, 0.1) is 15.2 Å². The molecule has 0 atom stereocenters. The molecule has 1 amide bonds. The van der Waals surface area contributed by atoms with Crippen LogP contribution < -0.4 is 9.92 Å². The highest BCUT2D eigenvalue weighted by Crippen LogP contribution is 2.18. The molecule has 0 heterocycles. The van der Waals surface area contributed by atoms with Gasteiger partial charge in [-0.25, -0.2) is 0 Å². The topological polar surface area (TPSA) is 29.5 Å². The Labute approximate surface area is 117 Å². The predicted octanol–water partition coefficient (Wildman–Crippen LogP) is 2.72. The van der Waals surface area contributed by atoms with E-state index in [0.717, 1.165) is 29.6 Å². The number of carbonyl (C=O) groups is 1. The van der Waals surface area contributed by atoms with Gasteiger partial charge in [-0.1, -0.05) is 25.7 Å². The van der Waals surface area contributed by atoms with Crippen molar-refractivity contribution in [3.8, 4) is 5.75 Å². The van der Waals surface area contributed by atoms with E-state index in [1.807, 2.05) is 36.9 Å². The van der Waals surface area contributed by atoms with Crippen LogP contribution in [0, 0.1) is 0 Å². The second-order valence-electron chi connectivity index (χ2n) is 5.61. The smallest absolute Gasteiger partial charge is 0.253 e. The number of rotatable bonds is 5. The molecule has 0 saturated heterocycles. The van der Waals surface area contributed by atoms with E-state index in [2.05, 4.69) is 19.6 Å². The third-order valence-electron chi connectivity index (χ3n) is 3.28. The lowest BCUT2D eigenvalue weighted by atomic mass is 10.2. The molecule has 0 fully saturated rings. The maximum Gasteiger partial charge on any atom is 0.253 e. The van der Waals surface area contributed by atoms with Crippen molar-refractivity contribution in [2.45, 2.75) is 33.5 Å². The van der Waals surface area contributed by atoms with Crippen molar-refractivity contribution in [1.82, 2.24) is 4.90 Å². The Morgan fingerprint density at radius 3 is 2.21 bits per heavy atom. The average molecular weight is 279 g/mol. The lowest BCUT2D eigenvalue weighted by Crippen LogP contribution is -2.45. The second kappa shape index (κ2) is 6.24. The normalized spacial score (nSPS) is 11.3. The molecule has 0 unspecified atom stereocenters. The summed E-state index contributed by atoms with van der Waals surface area (Å²) in [5.41, 5.74) is 0.808. The summed E-state index contributed by atoms with van der Waals surface area (Å²) >= 11 is 0. The lowest BCUT2D eigenvalue weighted by Gasteiger charge is -2.26. The summed E-state index contributed by atoms with van der Waals surface area (Å²) in [4.78, 5) is 14.5. The van der Waals surface area contributed by atoms with E-state index >= 15 is 0 Å². The molecule has 0 bridgehead atoms. The van der Waals surface area contributed by atoms with Crippen molar-refractivity contribution in [3.63, 3.8) is 0 Å². The second-order valence-corrected chi connectivity index (χ2v) is 10.6. The van der Waals surface area contributed by atoms with Gasteiger partial charge in [-0.05, 0) is 31.2 Å². The number of benzene rings is 1. The summed E-state index contributed by atoms with van der Waals surface area (Å²) in [5, 5.41) is 1.12. The molecule has 0 N–H and O–H groups in total. The molecule has 1 rings (SSSR count). The number of methoxy groups -OCH3 is 1. The van der Waals surface area contributed by atoms with Gasteiger partial charge in [0.25, 0.3) is 5.91 Å². The van der Waals surface area contributed by atoms with Crippen molar-refractivity contribution >= 4 is 19.2 Å². The Morgan fingerprint density at radius 1 is 1.21 bits per heavy atom. The zero-order valence-electron chi connectivity index (χ0n) is 12.9. The molecule has 0 aromatic heterocycles. The molecule has 0 radical (unpaired) electrons. The van der Waals surface area contributed by atoms with E-state index < -0.39 is 8.07 Å². The van der Waals surface area contributed by atoms with Crippen LogP contribution in [0.1, 0.15) is 24.2 Å². The van der Waals surface area contributed by atoms with Gasteiger partial charge in [-0.15, -0.1) is 0 Å². The minimum atomic E-state index is -1.65. The van der Waals surface area contributed by atoms with Crippen LogP contribution in [-0.2, 0) is 0 Å². The monoisotopic (exact) mass is 279 g/mol. The van der Waals surface area contributed by atoms with E-state index in [1.54, 1.807) is 7.11 Å². The van der Waals surface area contributed by atoms with E-state index in [9.17, 15) is 4.79 Å². The molecule has 0 spiro atoms. The third-order valence-corrected chi connectivity index (χ3v) is 5.29. The highest BCUT2D eigenvalue weighted by Gasteiger charge is 2.28. The average Bonchev–Trinajstić information content (AvgIpc) is 2.38. The molecule has 0 saturated carbocycles. The zero-order valence-corrected chi connectivity index (χ0v) is 13.9. The minimum Gasteiger partial charge on any atom is -0.497 e. The van der Waals surface area contributed by atoms with Crippen molar-refractivity contribution in [2.75, 3.05) is 20.2 Å². The standard InChI is InChI=1S/C15H25NO2Si/c1-7-16(8-2)15(17)12-10-9-11-13(18-3)14(12)19(4,5)6/h9-11H,7-8H2,1-6H3. The maximum absolute atomic E-state index is 12.6. The highest BCUT2D eigenvalue weighted by molar-refractivity contribution is 6.90. The largest absolute Gasteiger partial charge is 0.497 e. The van der Waals surface area contributed by atoms with Crippen molar-refractivity contribution in [3.05, 3.63) is 23.8 Å². The Kier molecular flexibility index (Phi) is 5.17. The van der Waals surface area contributed by atoms with E-state index in [4.69, 9.17) is 4.74 Å². The SMILES string of the molecule is CCN(CC)C(=O)c1cccc(OC)c1[Si](C)(C)C. The van der Waals surface area contributed by atoms with Crippen LogP contribution in [0.25, 0.3) is 0 Å². The van der Waals surface area contributed by atoms with Crippen LogP contribution in [0.2, 0.25) is 19.6 Å². The number of amides is 1. The van der Waals surface area contributed by atoms with Gasteiger partial charge in [0, 0.05) is 18.7 Å². The first kappa shape index (κ1) is 15.8. The highest BCUT2D eigenvalue weighted by atomic mass is 28.3. The van der Waals surface area contributed by atoms with Crippen molar-refractivity contribution < 1.29 is 9.53 Å². The Morgan fingerprint density at radius 2 is 1.79 bits per heavy atom. The summed E-state index contributed by atoms with van der Waals surface area (Å²) in [7, 11) is 0.0212. The fraction of sp³-hybridized carbons (Fsp3) is 0.533. The molecule has 106 valence electrons. The fourth-order valence-electron chi connectivity index (χ4n) is 2.33. The molecule has 4 heteroatoms. The lowest BCUT2D eigenvalue weighted by molar-refractivity contribution is 0.0774. The van der Waals surface area contributed by atoms with Gasteiger partial charge in [-0.3, -0.25) is 4.79 Å². The maximum atomic E-state index is 12.6. The molecule has 1 aromatic carbocycles. The first-order valence-electron chi connectivity index (χ1n) is 6.83.